The second kappa shape index (κ2) is 7.21. The van der Waals surface area contributed by atoms with E-state index in [4.69, 9.17) is 0 Å². The minimum atomic E-state index is -0.172. The molecule has 2 N–H and O–H groups in total. The maximum Gasteiger partial charge on any atom is 0.253 e. The monoisotopic (exact) mass is 331 g/mol. The van der Waals surface area contributed by atoms with Crippen LogP contribution < -0.4 is 5.32 Å². The van der Waals surface area contributed by atoms with Gasteiger partial charge in [0.1, 0.15) is 6.04 Å². The molecule has 6 heteroatoms. The van der Waals surface area contributed by atoms with Gasteiger partial charge in [0.2, 0.25) is 5.91 Å². The van der Waals surface area contributed by atoms with Gasteiger partial charge in [-0.25, -0.2) is 0 Å². The Hall–Kier alpha value is -2.08. The summed E-state index contributed by atoms with van der Waals surface area (Å²) < 4.78 is 0. The fourth-order valence-electron chi connectivity index (χ4n) is 3.37. The summed E-state index contributed by atoms with van der Waals surface area (Å²) in [4.78, 5) is 28.0. The number of piperidine rings is 1. The number of likely N-dealkylation sites (N-methyl/N-ethyl adjacent to an activating group) is 1. The van der Waals surface area contributed by atoms with Gasteiger partial charge in [0, 0.05) is 44.5 Å². The normalized spacial score (nSPS) is 22.1. The lowest BCUT2D eigenvalue weighted by Crippen LogP contribution is -2.39. The lowest BCUT2D eigenvalue weighted by molar-refractivity contribution is -0.127. The zero-order valence-corrected chi connectivity index (χ0v) is 14.1. The lowest BCUT2D eigenvalue weighted by Gasteiger charge is -2.31. The Labute approximate surface area is 142 Å². The zero-order chi connectivity index (χ0) is 17.1. The van der Waals surface area contributed by atoms with Gasteiger partial charge in [-0.2, -0.15) is 0 Å². The predicted octanol–water partition coefficient (Wildman–Crippen LogP) is 1.17. The number of likely N-dealkylation sites (tertiary alicyclic amines) is 2. The molecule has 24 heavy (non-hydrogen) atoms. The minimum absolute atomic E-state index is 0.0367. The Morgan fingerprint density at radius 2 is 1.83 bits per heavy atom. The topological polar surface area (TPSA) is 72.9 Å². The molecule has 2 saturated heterocycles. The van der Waals surface area contributed by atoms with E-state index in [1.54, 1.807) is 4.90 Å². The Morgan fingerprint density at radius 3 is 2.38 bits per heavy atom. The third kappa shape index (κ3) is 3.53. The number of hydrogen-bond acceptors (Lipinski definition) is 4. The number of rotatable bonds is 4. The number of nitrogens with one attached hydrogen (secondary N) is 1. The smallest absolute Gasteiger partial charge is 0.253 e. The molecule has 2 heterocycles. The summed E-state index contributed by atoms with van der Waals surface area (Å²) in [5.41, 5.74) is 1.53. The van der Waals surface area contributed by atoms with Crippen molar-refractivity contribution in [2.24, 2.45) is 5.92 Å². The van der Waals surface area contributed by atoms with E-state index in [2.05, 4.69) is 5.32 Å². The van der Waals surface area contributed by atoms with Crippen molar-refractivity contribution >= 4 is 17.5 Å². The summed E-state index contributed by atoms with van der Waals surface area (Å²) >= 11 is 0. The first-order valence-corrected chi connectivity index (χ1v) is 8.60. The van der Waals surface area contributed by atoms with E-state index in [0.29, 0.717) is 24.6 Å². The van der Waals surface area contributed by atoms with Crippen molar-refractivity contribution in [3.63, 3.8) is 0 Å². The van der Waals surface area contributed by atoms with E-state index in [1.165, 1.54) is 0 Å². The minimum Gasteiger partial charge on any atom is -0.396 e. The molecule has 1 aromatic rings. The van der Waals surface area contributed by atoms with Crippen LogP contribution in [0, 0.1) is 5.92 Å². The number of nitrogens with zero attached hydrogens (tertiary/aromatic N) is 2. The average Bonchev–Trinajstić information content (AvgIpc) is 2.94. The molecule has 130 valence electrons. The van der Waals surface area contributed by atoms with Crippen LogP contribution in [0.1, 0.15) is 29.6 Å². The maximum atomic E-state index is 12.5. The van der Waals surface area contributed by atoms with Crippen LogP contribution in [0.25, 0.3) is 0 Å². The van der Waals surface area contributed by atoms with Crippen LogP contribution in [-0.4, -0.2) is 66.1 Å². The highest BCUT2D eigenvalue weighted by Gasteiger charge is 2.29. The van der Waals surface area contributed by atoms with Gasteiger partial charge in [-0.15, -0.1) is 0 Å². The molecule has 2 amide bonds. The summed E-state index contributed by atoms with van der Waals surface area (Å²) in [5.74, 6) is 0.472. The second-order valence-corrected chi connectivity index (χ2v) is 6.74. The highest BCUT2D eigenvalue weighted by molar-refractivity contribution is 5.94. The molecule has 2 aliphatic rings. The van der Waals surface area contributed by atoms with Crippen molar-refractivity contribution < 1.29 is 14.7 Å². The Morgan fingerprint density at radius 1 is 1.17 bits per heavy atom. The first-order chi connectivity index (χ1) is 11.6. The van der Waals surface area contributed by atoms with Crippen molar-refractivity contribution in [2.45, 2.75) is 25.3 Å². The van der Waals surface area contributed by atoms with Gasteiger partial charge < -0.3 is 20.2 Å². The van der Waals surface area contributed by atoms with Gasteiger partial charge in [0.15, 0.2) is 0 Å². The molecule has 6 nitrogen and oxygen atoms in total. The van der Waals surface area contributed by atoms with Crippen LogP contribution in [0.4, 0.5) is 5.69 Å². The highest BCUT2D eigenvalue weighted by Crippen LogP contribution is 2.20. The Kier molecular flexibility index (Phi) is 5.04. The number of carbonyl (C=O) groups excluding carboxylic acids is 2. The summed E-state index contributed by atoms with van der Waals surface area (Å²) in [6.45, 7) is 2.38. The summed E-state index contributed by atoms with van der Waals surface area (Å²) in [7, 11) is 1.81. The summed E-state index contributed by atoms with van der Waals surface area (Å²) in [6, 6.07) is 7.17. The van der Waals surface area contributed by atoms with Gasteiger partial charge in [0.25, 0.3) is 5.91 Å². The molecule has 1 unspecified atom stereocenters. The molecule has 0 saturated carbocycles. The summed E-state index contributed by atoms with van der Waals surface area (Å²) in [6.07, 6.45) is 2.52. The molecule has 0 aliphatic carbocycles. The van der Waals surface area contributed by atoms with Crippen molar-refractivity contribution in [2.75, 3.05) is 38.6 Å². The SMILES string of the molecule is CN1CCC(Nc2ccc(C(=O)N3CCC(CO)CC3)cc2)C1=O. The van der Waals surface area contributed by atoms with Crippen molar-refractivity contribution in [1.82, 2.24) is 9.80 Å². The standard InChI is InChI=1S/C18H25N3O3/c1-20-9-8-16(18(20)24)19-15-4-2-14(3-5-15)17(23)21-10-6-13(12-22)7-11-21/h2-5,13,16,19,22H,6-12H2,1H3. The van der Waals surface area contributed by atoms with Crippen LogP contribution >= 0.6 is 0 Å². The third-order valence-corrected chi connectivity index (χ3v) is 5.06. The lowest BCUT2D eigenvalue weighted by atomic mass is 9.97. The van der Waals surface area contributed by atoms with E-state index >= 15 is 0 Å². The average molecular weight is 331 g/mol. The van der Waals surface area contributed by atoms with E-state index in [0.717, 1.165) is 31.5 Å². The Balaban J connectivity index is 1.58. The van der Waals surface area contributed by atoms with Gasteiger partial charge in [0.05, 0.1) is 0 Å². The fourth-order valence-corrected chi connectivity index (χ4v) is 3.37. The van der Waals surface area contributed by atoms with Crippen molar-refractivity contribution in [3.8, 4) is 0 Å². The molecule has 3 rings (SSSR count). The number of anilines is 1. The number of aliphatic hydroxyl groups is 1. The van der Waals surface area contributed by atoms with Gasteiger partial charge in [-0.1, -0.05) is 0 Å². The van der Waals surface area contributed by atoms with E-state index in [1.807, 2.05) is 36.2 Å². The number of benzene rings is 1. The molecule has 1 aromatic carbocycles. The largest absolute Gasteiger partial charge is 0.396 e. The molecule has 1 atom stereocenters. The van der Waals surface area contributed by atoms with Crippen LogP contribution in [0.15, 0.2) is 24.3 Å². The van der Waals surface area contributed by atoms with Crippen molar-refractivity contribution in [3.05, 3.63) is 29.8 Å². The number of carbonyl (C=O) groups is 2. The molecule has 2 fully saturated rings. The van der Waals surface area contributed by atoms with Crippen LogP contribution in [-0.2, 0) is 4.79 Å². The Bertz CT molecular complexity index is 594. The molecule has 0 spiro atoms. The molecule has 0 radical (unpaired) electrons. The van der Waals surface area contributed by atoms with E-state index < -0.39 is 0 Å². The van der Waals surface area contributed by atoms with E-state index in [9.17, 15) is 14.7 Å². The molecular formula is C18H25N3O3. The molecule has 0 bridgehead atoms. The number of amides is 2. The number of hydrogen-bond donors (Lipinski definition) is 2. The zero-order valence-electron chi connectivity index (χ0n) is 14.1. The quantitative estimate of drug-likeness (QED) is 0.869. The van der Waals surface area contributed by atoms with Crippen molar-refractivity contribution in [1.29, 1.82) is 0 Å². The maximum absolute atomic E-state index is 12.5. The van der Waals surface area contributed by atoms with Crippen LogP contribution in [0.5, 0.6) is 0 Å². The van der Waals surface area contributed by atoms with Gasteiger partial charge in [-0.3, -0.25) is 9.59 Å². The molecular weight excluding hydrogens is 306 g/mol. The summed E-state index contributed by atoms with van der Waals surface area (Å²) in [5, 5.41) is 12.4. The van der Waals surface area contributed by atoms with Gasteiger partial charge in [-0.05, 0) is 49.4 Å². The van der Waals surface area contributed by atoms with E-state index in [-0.39, 0.29) is 24.5 Å². The highest BCUT2D eigenvalue weighted by atomic mass is 16.3. The molecule has 0 aromatic heterocycles. The second-order valence-electron chi connectivity index (χ2n) is 6.74. The first-order valence-electron chi connectivity index (χ1n) is 8.60. The molecule has 2 aliphatic heterocycles. The van der Waals surface area contributed by atoms with Crippen LogP contribution in [0.2, 0.25) is 0 Å². The first kappa shape index (κ1) is 16.8. The predicted molar refractivity (Wildman–Crippen MR) is 91.8 cm³/mol. The van der Waals surface area contributed by atoms with Gasteiger partial charge >= 0.3 is 0 Å². The van der Waals surface area contributed by atoms with Crippen LogP contribution in [0.3, 0.4) is 0 Å². The fraction of sp³-hybridized carbons (Fsp3) is 0.556. The number of aliphatic hydroxyl groups excluding tert-OH is 1. The third-order valence-electron chi connectivity index (χ3n) is 5.06.